The van der Waals surface area contributed by atoms with Gasteiger partial charge in [-0.1, -0.05) is 6.92 Å². The smallest absolute Gasteiger partial charge is 0.139 e. The topological polar surface area (TPSA) is 21.3 Å². The zero-order valence-electron chi connectivity index (χ0n) is 11.0. The number of ether oxygens (including phenoxy) is 1. The summed E-state index contributed by atoms with van der Waals surface area (Å²) in [6.45, 7) is 7.17. The molecule has 4 heteroatoms. The van der Waals surface area contributed by atoms with Gasteiger partial charge in [0.05, 0.1) is 4.47 Å². The highest BCUT2D eigenvalue weighted by molar-refractivity contribution is 9.10. The van der Waals surface area contributed by atoms with Crippen LogP contribution in [-0.4, -0.2) is 12.1 Å². The van der Waals surface area contributed by atoms with Crippen LogP contribution in [0, 0.1) is 5.82 Å². The lowest BCUT2D eigenvalue weighted by atomic mass is 9.89. The highest BCUT2D eigenvalue weighted by Gasteiger charge is 2.34. The summed E-state index contributed by atoms with van der Waals surface area (Å²) in [4.78, 5) is 0. The summed E-state index contributed by atoms with van der Waals surface area (Å²) in [5.74, 6) is 0.536. The lowest BCUT2D eigenvalue weighted by molar-refractivity contribution is 0.0648. The SMILES string of the molecule is CCCNC1CC(C)(C)Oc2c(Br)cc(F)cc21. The van der Waals surface area contributed by atoms with Crippen molar-refractivity contribution in [3.05, 3.63) is 28.0 Å². The maximum Gasteiger partial charge on any atom is 0.139 e. The van der Waals surface area contributed by atoms with Gasteiger partial charge in [-0.05, 0) is 54.9 Å². The molecule has 1 aliphatic rings. The van der Waals surface area contributed by atoms with Crippen LogP contribution < -0.4 is 10.1 Å². The molecule has 1 aromatic carbocycles. The minimum Gasteiger partial charge on any atom is -0.486 e. The van der Waals surface area contributed by atoms with Gasteiger partial charge in [0.2, 0.25) is 0 Å². The van der Waals surface area contributed by atoms with Gasteiger partial charge in [-0.2, -0.15) is 0 Å². The fourth-order valence-electron chi connectivity index (χ4n) is 2.37. The van der Waals surface area contributed by atoms with Gasteiger partial charge in [0.15, 0.2) is 0 Å². The van der Waals surface area contributed by atoms with Gasteiger partial charge in [0, 0.05) is 18.0 Å². The molecule has 0 aliphatic carbocycles. The fourth-order valence-corrected chi connectivity index (χ4v) is 2.90. The first kappa shape index (κ1) is 13.8. The van der Waals surface area contributed by atoms with Crippen molar-refractivity contribution in [3.63, 3.8) is 0 Å². The molecule has 1 atom stereocenters. The molecule has 0 bridgehead atoms. The van der Waals surface area contributed by atoms with E-state index in [-0.39, 0.29) is 17.5 Å². The summed E-state index contributed by atoms with van der Waals surface area (Å²) in [5.41, 5.74) is 0.674. The first-order valence-electron chi connectivity index (χ1n) is 6.34. The van der Waals surface area contributed by atoms with E-state index in [1.54, 1.807) is 6.07 Å². The second kappa shape index (κ2) is 5.17. The Balaban J connectivity index is 2.40. The van der Waals surface area contributed by atoms with Crippen molar-refractivity contribution in [2.45, 2.75) is 45.3 Å². The predicted octanol–water partition coefficient (Wildman–Crippen LogP) is 4.19. The van der Waals surface area contributed by atoms with Gasteiger partial charge >= 0.3 is 0 Å². The molecule has 18 heavy (non-hydrogen) atoms. The van der Waals surface area contributed by atoms with Crippen LogP contribution in [0.3, 0.4) is 0 Å². The molecule has 0 saturated heterocycles. The van der Waals surface area contributed by atoms with Gasteiger partial charge in [0.1, 0.15) is 17.2 Å². The summed E-state index contributed by atoms with van der Waals surface area (Å²) < 4.78 is 20.2. The molecule has 0 spiro atoms. The minimum atomic E-state index is -0.237. The minimum absolute atomic E-state index is 0.149. The third-order valence-corrected chi connectivity index (χ3v) is 3.72. The van der Waals surface area contributed by atoms with Crippen LogP contribution in [-0.2, 0) is 0 Å². The third-order valence-electron chi connectivity index (χ3n) is 3.13. The molecule has 0 aromatic heterocycles. The van der Waals surface area contributed by atoms with Gasteiger partial charge in [-0.3, -0.25) is 0 Å². The van der Waals surface area contributed by atoms with Crippen molar-refractivity contribution < 1.29 is 9.13 Å². The van der Waals surface area contributed by atoms with E-state index in [0.29, 0.717) is 4.47 Å². The van der Waals surface area contributed by atoms with Gasteiger partial charge in [-0.25, -0.2) is 4.39 Å². The van der Waals surface area contributed by atoms with Crippen molar-refractivity contribution in [3.8, 4) is 5.75 Å². The Morgan fingerprint density at radius 3 is 2.89 bits per heavy atom. The lowest BCUT2D eigenvalue weighted by Gasteiger charge is -2.38. The van der Waals surface area contributed by atoms with E-state index < -0.39 is 0 Å². The summed E-state index contributed by atoms with van der Waals surface area (Å²) >= 11 is 3.39. The molecule has 1 heterocycles. The Labute approximate surface area is 116 Å². The van der Waals surface area contributed by atoms with E-state index >= 15 is 0 Å². The monoisotopic (exact) mass is 315 g/mol. The van der Waals surface area contributed by atoms with Crippen LogP contribution in [0.4, 0.5) is 4.39 Å². The number of rotatable bonds is 3. The Kier molecular flexibility index (Phi) is 3.97. The normalized spacial score (nSPS) is 21.3. The van der Waals surface area contributed by atoms with Crippen LogP contribution in [0.25, 0.3) is 0 Å². The van der Waals surface area contributed by atoms with Crippen LogP contribution >= 0.6 is 15.9 Å². The van der Waals surface area contributed by atoms with Crippen molar-refractivity contribution >= 4 is 15.9 Å². The largest absolute Gasteiger partial charge is 0.486 e. The standard InChI is InChI=1S/C14H19BrFNO/c1-4-5-17-12-8-14(2,3)18-13-10(12)6-9(16)7-11(13)15/h6-7,12,17H,4-5,8H2,1-3H3. The molecule has 1 N–H and O–H groups in total. The van der Waals surface area contributed by atoms with Crippen LogP contribution in [0.1, 0.15) is 45.2 Å². The number of hydrogen-bond donors (Lipinski definition) is 1. The highest BCUT2D eigenvalue weighted by atomic mass is 79.9. The van der Waals surface area contributed by atoms with E-state index in [1.165, 1.54) is 6.07 Å². The Bertz CT molecular complexity index is 448. The second-order valence-electron chi connectivity index (χ2n) is 5.38. The quantitative estimate of drug-likeness (QED) is 0.903. The molecule has 1 unspecified atom stereocenters. The maximum atomic E-state index is 13.5. The average molecular weight is 316 g/mol. The number of hydrogen-bond acceptors (Lipinski definition) is 2. The Morgan fingerprint density at radius 2 is 2.22 bits per heavy atom. The summed E-state index contributed by atoms with van der Waals surface area (Å²) in [6.07, 6.45) is 1.90. The fraction of sp³-hybridized carbons (Fsp3) is 0.571. The van der Waals surface area contributed by atoms with Crippen molar-refractivity contribution in [1.29, 1.82) is 0 Å². The van der Waals surface area contributed by atoms with E-state index in [1.807, 2.05) is 0 Å². The van der Waals surface area contributed by atoms with Crippen LogP contribution in [0.2, 0.25) is 0 Å². The van der Waals surface area contributed by atoms with E-state index in [0.717, 1.165) is 30.7 Å². The van der Waals surface area contributed by atoms with Crippen molar-refractivity contribution in [1.82, 2.24) is 5.32 Å². The van der Waals surface area contributed by atoms with E-state index in [9.17, 15) is 4.39 Å². The highest BCUT2D eigenvalue weighted by Crippen LogP contribution is 2.43. The number of halogens is 2. The lowest BCUT2D eigenvalue weighted by Crippen LogP contribution is -2.40. The first-order valence-corrected chi connectivity index (χ1v) is 7.13. The number of benzene rings is 1. The molecule has 0 radical (unpaired) electrons. The van der Waals surface area contributed by atoms with Crippen LogP contribution in [0.5, 0.6) is 5.75 Å². The second-order valence-corrected chi connectivity index (χ2v) is 6.23. The summed E-state index contributed by atoms with van der Waals surface area (Å²) in [7, 11) is 0. The molecular formula is C14H19BrFNO. The molecule has 0 amide bonds. The third kappa shape index (κ3) is 2.86. The van der Waals surface area contributed by atoms with Gasteiger partial charge < -0.3 is 10.1 Å². The first-order chi connectivity index (χ1) is 8.43. The Hall–Kier alpha value is -0.610. The molecule has 0 saturated carbocycles. The summed E-state index contributed by atoms with van der Waals surface area (Å²) in [6, 6.07) is 3.18. The number of nitrogens with one attached hydrogen (secondary N) is 1. The van der Waals surface area contributed by atoms with Crippen LogP contribution in [0.15, 0.2) is 16.6 Å². The summed E-state index contributed by atoms with van der Waals surface area (Å²) in [5, 5.41) is 3.47. The molecule has 100 valence electrons. The predicted molar refractivity (Wildman–Crippen MR) is 74.5 cm³/mol. The molecule has 1 aliphatic heterocycles. The Morgan fingerprint density at radius 1 is 1.50 bits per heavy atom. The van der Waals surface area contributed by atoms with Crippen molar-refractivity contribution in [2.75, 3.05) is 6.54 Å². The van der Waals surface area contributed by atoms with E-state index in [2.05, 4.69) is 42.0 Å². The molecule has 2 rings (SSSR count). The van der Waals surface area contributed by atoms with Crippen molar-refractivity contribution in [2.24, 2.45) is 0 Å². The molecule has 2 nitrogen and oxygen atoms in total. The number of fused-ring (bicyclic) bond motifs is 1. The van der Waals surface area contributed by atoms with Gasteiger partial charge in [0.25, 0.3) is 0 Å². The average Bonchev–Trinajstić information content (AvgIpc) is 2.27. The molecule has 1 aromatic rings. The molecule has 0 fully saturated rings. The maximum absolute atomic E-state index is 13.5. The molecular weight excluding hydrogens is 297 g/mol. The van der Waals surface area contributed by atoms with Gasteiger partial charge in [-0.15, -0.1) is 0 Å². The zero-order chi connectivity index (χ0) is 13.3. The van der Waals surface area contributed by atoms with E-state index in [4.69, 9.17) is 4.74 Å². The zero-order valence-corrected chi connectivity index (χ0v) is 12.6.